The maximum atomic E-state index is 12.8. The van der Waals surface area contributed by atoms with Crippen LogP contribution in [0.5, 0.6) is 0 Å². The number of carbonyl (C=O) groups is 1. The fraction of sp³-hybridized carbons (Fsp3) is 0.650. The predicted molar refractivity (Wildman–Crippen MR) is 99.6 cm³/mol. The van der Waals surface area contributed by atoms with E-state index in [1.807, 2.05) is 0 Å². The summed E-state index contributed by atoms with van der Waals surface area (Å²) in [6.45, 7) is 6.23. The first-order valence-electron chi connectivity index (χ1n) is 9.07. The molecule has 1 N–H and O–H groups in total. The molecule has 2 nitrogen and oxygen atoms in total. The third kappa shape index (κ3) is 2.66. The van der Waals surface area contributed by atoms with E-state index in [1.54, 1.807) is 0 Å². The van der Waals surface area contributed by atoms with Crippen LogP contribution in [0.2, 0.25) is 0 Å². The second kappa shape index (κ2) is 5.64. The maximum Gasteiger partial charge on any atom is 0.228 e. The number of hydrogen-bond donors (Lipinski definition) is 1. The number of benzene rings is 1. The van der Waals surface area contributed by atoms with Gasteiger partial charge in [-0.15, -0.1) is 23.2 Å². The molecule has 3 aliphatic carbocycles. The van der Waals surface area contributed by atoms with Crippen molar-refractivity contribution in [3.8, 4) is 0 Å². The molecule has 0 spiro atoms. The monoisotopic (exact) mass is 365 g/mol. The number of halogens is 2. The summed E-state index contributed by atoms with van der Waals surface area (Å²) < 4.78 is -0.481. The molecule has 4 heteroatoms. The minimum absolute atomic E-state index is 0.183. The summed E-state index contributed by atoms with van der Waals surface area (Å²) in [6, 6.07) is 4.26. The van der Waals surface area contributed by atoms with E-state index in [4.69, 9.17) is 23.2 Å². The van der Waals surface area contributed by atoms with Crippen LogP contribution in [0.3, 0.4) is 0 Å². The number of hydrogen-bond acceptors (Lipinski definition) is 1. The van der Waals surface area contributed by atoms with Crippen LogP contribution in [0, 0.1) is 50.4 Å². The van der Waals surface area contributed by atoms with Crippen molar-refractivity contribution in [1.29, 1.82) is 0 Å². The molecule has 0 heterocycles. The SMILES string of the molecule is Cc1cc(C)c(NC(=O)C2[C@H]3CC[C@@H]4[C@@H](CC[C@@H]23)C4(Cl)Cl)c(C)c1. The zero-order valence-electron chi connectivity index (χ0n) is 14.5. The van der Waals surface area contributed by atoms with Gasteiger partial charge < -0.3 is 5.32 Å². The smallest absolute Gasteiger partial charge is 0.228 e. The molecule has 3 aliphatic rings. The largest absolute Gasteiger partial charge is 0.325 e. The lowest BCUT2D eigenvalue weighted by atomic mass is 10.0. The number of rotatable bonds is 2. The lowest BCUT2D eigenvalue weighted by Gasteiger charge is -2.13. The molecule has 4 rings (SSSR count). The van der Waals surface area contributed by atoms with Crippen LogP contribution < -0.4 is 5.32 Å². The van der Waals surface area contributed by atoms with E-state index in [9.17, 15) is 4.79 Å². The van der Waals surface area contributed by atoms with Gasteiger partial charge in [0.25, 0.3) is 0 Å². The van der Waals surface area contributed by atoms with Crippen molar-refractivity contribution >= 4 is 34.8 Å². The summed E-state index contributed by atoms with van der Waals surface area (Å²) in [6.07, 6.45) is 4.34. The first-order valence-corrected chi connectivity index (χ1v) is 9.83. The minimum Gasteiger partial charge on any atom is -0.325 e. The molecule has 0 saturated heterocycles. The van der Waals surface area contributed by atoms with Gasteiger partial charge in [0.15, 0.2) is 0 Å². The van der Waals surface area contributed by atoms with E-state index in [0.717, 1.165) is 42.5 Å². The van der Waals surface area contributed by atoms with Crippen molar-refractivity contribution in [2.75, 3.05) is 5.32 Å². The highest BCUT2D eigenvalue weighted by atomic mass is 35.5. The number of amides is 1. The van der Waals surface area contributed by atoms with Crippen LogP contribution in [-0.2, 0) is 4.79 Å². The van der Waals surface area contributed by atoms with Crippen LogP contribution >= 0.6 is 23.2 Å². The third-order valence-electron chi connectivity index (χ3n) is 6.55. The van der Waals surface area contributed by atoms with Crippen molar-refractivity contribution < 1.29 is 4.79 Å². The van der Waals surface area contributed by atoms with E-state index in [0.29, 0.717) is 23.7 Å². The number of fused-ring (bicyclic) bond motifs is 2. The predicted octanol–water partition coefficient (Wildman–Crippen LogP) is 5.41. The molecule has 0 aromatic heterocycles. The second-order valence-corrected chi connectivity index (χ2v) is 9.60. The number of carbonyl (C=O) groups excluding carboxylic acids is 1. The summed E-state index contributed by atoms with van der Waals surface area (Å²) in [5.74, 6) is 2.35. The van der Waals surface area contributed by atoms with Gasteiger partial charge >= 0.3 is 0 Å². The molecule has 130 valence electrons. The topological polar surface area (TPSA) is 29.1 Å². The zero-order chi connectivity index (χ0) is 17.2. The van der Waals surface area contributed by atoms with Crippen molar-refractivity contribution in [3.05, 3.63) is 28.8 Å². The molecular weight excluding hydrogens is 341 g/mol. The Hall–Kier alpha value is -0.730. The van der Waals surface area contributed by atoms with Gasteiger partial charge in [-0.05, 0) is 81.3 Å². The van der Waals surface area contributed by atoms with Crippen molar-refractivity contribution in [2.24, 2.45) is 29.6 Å². The number of anilines is 1. The molecule has 0 radical (unpaired) electrons. The molecule has 0 bridgehead atoms. The van der Waals surface area contributed by atoms with Crippen molar-refractivity contribution in [3.63, 3.8) is 0 Å². The zero-order valence-corrected chi connectivity index (χ0v) is 16.0. The lowest BCUT2D eigenvalue weighted by Crippen LogP contribution is -2.17. The highest BCUT2D eigenvalue weighted by molar-refractivity contribution is 6.51. The Kier molecular flexibility index (Phi) is 3.93. The van der Waals surface area contributed by atoms with Crippen LogP contribution in [0.25, 0.3) is 0 Å². The van der Waals surface area contributed by atoms with E-state index in [1.165, 1.54) is 5.56 Å². The first kappa shape index (κ1) is 16.7. The number of alkyl halides is 2. The summed E-state index contributed by atoms with van der Waals surface area (Å²) >= 11 is 12.7. The second-order valence-electron chi connectivity index (χ2n) is 8.16. The molecule has 1 aromatic rings. The molecule has 1 amide bonds. The third-order valence-corrected chi connectivity index (χ3v) is 7.67. The Bertz CT molecular complexity index is 654. The summed E-state index contributed by atoms with van der Waals surface area (Å²) in [4.78, 5) is 12.8. The van der Waals surface area contributed by atoms with Crippen molar-refractivity contribution in [2.45, 2.75) is 50.8 Å². The van der Waals surface area contributed by atoms with E-state index in [2.05, 4.69) is 38.2 Å². The Morgan fingerprint density at radius 3 is 2.00 bits per heavy atom. The summed E-state index contributed by atoms with van der Waals surface area (Å²) in [5, 5.41) is 3.21. The maximum absolute atomic E-state index is 12.8. The van der Waals surface area contributed by atoms with Gasteiger partial charge in [-0.1, -0.05) is 17.7 Å². The van der Waals surface area contributed by atoms with Gasteiger partial charge in [0.2, 0.25) is 5.91 Å². The van der Waals surface area contributed by atoms with Gasteiger partial charge in [-0.25, -0.2) is 0 Å². The molecule has 5 atom stereocenters. The van der Waals surface area contributed by atoms with Crippen LogP contribution in [0.15, 0.2) is 12.1 Å². The van der Waals surface area contributed by atoms with Gasteiger partial charge in [0.1, 0.15) is 4.33 Å². The highest BCUT2D eigenvalue weighted by Crippen LogP contribution is 2.67. The molecular formula is C20H25Cl2NO. The van der Waals surface area contributed by atoms with E-state index < -0.39 is 4.33 Å². The molecule has 0 aliphatic heterocycles. The molecule has 3 fully saturated rings. The fourth-order valence-corrected chi connectivity index (χ4v) is 6.12. The first-order chi connectivity index (χ1) is 11.3. The Balaban J connectivity index is 1.43. The molecule has 3 saturated carbocycles. The van der Waals surface area contributed by atoms with Gasteiger partial charge in [-0.2, -0.15) is 0 Å². The Labute approximate surface area is 154 Å². The van der Waals surface area contributed by atoms with Crippen LogP contribution in [0.4, 0.5) is 5.69 Å². The average Bonchev–Trinajstić information content (AvgIpc) is 3.27. The normalized spacial score (nSPS) is 36.0. The highest BCUT2D eigenvalue weighted by Gasteiger charge is 2.65. The Morgan fingerprint density at radius 2 is 1.50 bits per heavy atom. The quantitative estimate of drug-likeness (QED) is 0.697. The van der Waals surface area contributed by atoms with Gasteiger partial charge in [-0.3, -0.25) is 4.79 Å². The average molecular weight is 366 g/mol. The van der Waals surface area contributed by atoms with Gasteiger partial charge in [0, 0.05) is 11.6 Å². The minimum atomic E-state index is -0.481. The van der Waals surface area contributed by atoms with Crippen molar-refractivity contribution in [1.82, 2.24) is 0 Å². The summed E-state index contributed by atoms with van der Waals surface area (Å²) in [5.41, 5.74) is 4.53. The number of nitrogens with one attached hydrogen (secondary N) is 1. The van der Waals surface area contributed by atoms with Gasteiger partial charge in [0.05, 0.1) is 0 Å². The van der Waals surface area contributed by atoms with Crippen LogP contribution in [0.1, 0.15) is 42.4 Å². The number of aryl methyl sites for hydroxylation is 3. The van der Waals surface area contributed by atoms with E-state index >= 15 is 0 Å². The van der Waals surface area contributed by atoms with E-state index in [-0.39, 0.29) is 11.8 Å². The summed E-state index contributed by atoms with van der Waals surface area (Å²) in [7, 11) is 0. The molecule has 1 unspecified atom stereocenters. The van der Waals surface area contributed by atoms with Crippen LogP contribution in [-0.4, -0.2) is 10.2 Å². The molecule has 1 aromatic carbocycles. The Morgan fingerprint density at radius 1 is 1.00 bits per heavy atom. The lowest BCUT2D eigenvalue weighted by molar-refractivity contribution is -0.117. The molecule has 24 heavy (non-hydrogen) atoms. The fourth-order valence-electron chi connectivity index (χ4n) is 5.20. The standard InChI is InChI=1S/C20H25Cl2NO/c1-10-8-11(2)18(12(3)9-10)23-19(24)17-13-4-6-15-16(20(15,21)22)7-5-14(13)17/h8-9,13-17H,4-7H2,1-3H3,(H,23,24)/t13-,14+,15-,16-,17?/m1/s1.